The quantitative estimate of drug-likeness (QED) is 0.367. The summed E-state index contributed by atoms with van der Waals surface area (Å²) in [6, 6.07) is 1.03. The van der Waals surface area contributed by atoms with Gasteiger partial charge in [0.25, 0.3) is 5.91 Å². The molecule has 3 fully saturated rings. The lowest BCUT2D eigenvalue weighted by Crippen LogP contribution is -2.58. The molecule has 5 atom stereocenters. The molecule has 1 aromatic rings. The van der Waals surface area contributed by atoms with Crippen LogP contribution in [0, 0.1) is 5.92 Å². The third-order valence-electron chi connectivity index (χ3n) is 10.1. The second-order valence-electron chi connectivity index (χ2n) is 15.3. The molecule has 3 N–H and O–H groups in total. The summed E-state index contributed by atoms with van der Waals surface area (Å²) in [5.41, 5.74) is -0.971. The van der Waals surface area contributed by atoms with E-state index in [1.807, 2.05) is 12.2 Å². The van der Waals surface area contributed by atoms with Crippen LogP contribution < -0.4 is 15.4 Å². The summed E-state index contributed by atoms with van der Waals surface area (Å²) >= 11 is 12.7. The van der Waals surface area contributed by atoms with E-state index in [0.717, 1.165) is 12.8 Å². The van der Waals surface area contributed by atoms with Gasteiger partial charge in [-0.1, -0.05) is 48.2 Å². The highest BCUT2D eigenvalue weighted by Gasteiger charge is 2.62. The Morgan fingerprint density at radius 1 is 1.00 bits per heavy atom. The van der Waals surface area contributed by atoms with E-state index in [4.69, 9.17) is 32.7 Å². The highest BCUT2D eigenvalue weighted by molar-refractivity contribution is 7.91. The van der Waals surface area contributed by atoms with Crippen LogP contribution in [0.25, 0.3) is 0 Å². The maximum atomic E-state index is 14.3. The minimum absolute atomic E-state index is 0.108. The molecule has 14 nitrogen and oxygen atoms in total. The van der Waals surface area contributed by atoms with Crippen molar-refractivity contribution in [1.29, 1.82) is 0 Å². The lowest BCUT2D eigenvalue weighted by Gasteiger charge is -2.30. The Morgan fingerprint density at radius 3 is 2.31 bits per heavy atom. The summed E-state index contributed by atoms with van der Waals surface area (Å²) in [4.78, 5) is 71.2. The van der Waals surface area contributed by atoms with Crippen LogP contribution >= 0.6 is 23.2 Å². The Bertz CT molecular complexity index is 1750. The highest BCUT2D eigenvalue weighted by Crippen LogP contribution is 2.46. The first-order valence-electron chi connectivity index (χ1n) is 17.7. The summed E-state index contributed by atoms with van der Waals surface area (Å²) in [7, 11) is -3.91. The van der Waals surface area contributed by atoms with E-state index in [1.165, 1.54) is 9.80 Å². The molecular formula is C35H45Cl2N5O9S. The third-order valence-corrected chi connectivity index (χ3v) is 12.6. The van der Waals surface area contributed by atoms with Gasteiger partial charge in [-0.05, 0) is 82.6 Å². The van der Waals surface area contributed by atoms with Crippen molar-refractivity contribution in [3.63, 3.8) is 0 Å². The molecule has 5 aliphatic rings. The fourth-order valence-corrected chi connectivity index (χ4v) is 8.90. The van der Waals surface area contributed by atoms with Crippen molar-refractivity contribution in [1.82, 2.24) is 25.2 Å². The molecule has 0 radical (unpaired) electrons. The molecule has 6 rings (SSSR count). The Kier molecular flexibility index (Phi) is 10.8. The molecule has 1 saturated heterocycles. The van der Waals surface area contributed by atoms with Crippen LogP contribution in [-0.2, 0) is 47.0 Å². The fraction of sp³-hybridized carbons (Fsp3) is 0.629. The number of nitrogens with zero attached hydrogens (tertiary/aromatic N) is 2. The van der Waals surface area contributed by atoms with Crippen molar-refractivity contribution < 1.29 is 41.9 Å². The van der Waals surface area contributed by atoms with Crippen LogP contribution in [0.1, 0.15) is 89.7 Å². The van der Waals surface area contributed by atoms with Crippen molar-refractivity contribution >= 4 is 63.1 Å². The van der Waals surface area contributed by atoms with Crippen LogP contribution in [0.3, 0.4) is 0 Å². The SMILES string of the molecule is CC(C)(C)OC(=O)N[C@H]1CCCCC/C=C\[C@H]2C[C@]2(C(=O)NS(=O)(=O)C2CC2)NC(=O)[C@@H]2C[C@@H](OC(=O)N3Cc4c(Cl)ccc(Cl)c4C3)CN2C1=O. The summed E-state index contributed by atoms with van der Waals surface area (Å²) in [6.07, 6.45) is 5.29. The summed E-state index contributed by atoms with van der Waals surface area (Å²) in [5, 5.41) is 5.75. The number of hydrogen-bond donors (Lipinski definition) is 3. The highest BCUT2D eigenvalue weighted by atomic mass is 35.5. The van der Waals surface area contributed by atoms with Gasteiger partial charge in [0.2, 0.25) is 21.8 Å². The predicted octanol–water partition coefficient (Wildman–Crippen LogP) is 4.31. The lowest BCUT2D eigenvalue weighted by atomic mass is 10.0. The number of sulfonamides is 1. The van der Waals surface area contributed by atoms with Gasteiger partial charge in [0, 0.05) is 22.4 Å². The number of benzene rings is 1. The summed E-state index contributed by atoms with van der Waals surface area (Å²) in [5.74, 6) is -2.58. The largest absolute Gasteiger partial charge is 0.444 e. The van der Waals surface area contributed by atoms with Crippen molar-refractivity contribution in [2.45, 2.75) is 126 Å². The molecule has 0 unspecified atom stereocenters. The number of halogens is 2. The molecule has 52 heavy (non-hydrogen) atoms. The van der Waals surface area contributed by atoms with Crippen LogP contribution in [0.5, 0.6) is 0 Å². The van der Waals surface area contributed by atoms with Crippen molar-refractivity contribution in [3.05, 3.63) is 45.5 Å². The van der Waals surface area contributed by atoms with E-state index in [1.54, 1.807) is 32.9 Å². The van der Waals surface area contributed by atoms with Gasteiger partial charge in [0.15, 0.2) is 0 Å². The van der Waals surface area contributed by atoms with Gasteiger partial charge in [-0.15, -0.1) is 0 Å². The zero-order valence-electron chi connectivity index (χ0n) is 29.4. The number of nitrogens with one attached hydrogen (secondary N) is 3. The number of alkyl carbamates (subject to hydrolysis) is 1. The van der Waals surface area contributed by atoms with Crippen molar-refractivity contribution in [3.8, 4) is 0 Å². The van der Waals surface area contributed by atoms with E-state index >= 15 is 0 Å². The first-order valence-corrected chi connectivity index (χ1v) is 20.0. The zero-order valence-corrected chi connectivity index (χ0v) is 31.7. The molecule has 5 amide bonds. The summed E-state index contributed by atoms with van der Waals surface area (Å²) < 4.78 is 39.0. The molecule has 2 aliphatic carbocycles. The Balaban J connectivity index is 1.25. The third kappa shape index (κ3) is 8.46. The molecule has 284 valence electrons. The van der Waals surface area contributed by atoms with E-state index in [2.05, 4.69) is 15.4 Å². The molecule has 2 saturated carbocycles. The smallest absolute Gasteiger partial charge is 0.410 e. The molecular weight excluding hydrogens is 737 g/mol. The number of rotatable bonds is 5. The summed E-state index contributed by atoms with van der Waals surface area (Å²) in [6.45, 7) is 5.25. The predicted molar refractivity (Wildman–Crippen MR) is 191 cm³/mol. The Morgan fingerprint density at radius 2 is 1.67 bits per heavy atom. The second-order valence-corrected chi connectivity index (χ2v) is 18.1. The number of carbonyl (C=O) groups is 5. The maximum absolute atomic E-state index is 14.3. The first-order chi connectivity index (χ1) is 24.5. The molecule has 3 heterocycles. The molecule has 3 aliphatic heterocycles. The number of fused-ring (bicyclic) bond motifs is 3. The Hall–Kier alpha value is -3.56. The van der Waals surface area contributed by atoms with Crippen LogP contribution in [-0.4, -0.2) is 89.2 Å². The van der Waals surface area contributed by atoms with Crippen LogP contribution in [0.4, 0.5) is 9.59 Å². The average Bonchev–Trinajstić information content (AvgIpc) is 3.94. The monoisotopic (exact) mass is 781 g/mol. The van der Waals surface area contributed by atoms with Gasteiger partial charge in [0.1, 0.15) is 29.3 Å². The maximum Gasteiger partial charge on any atom is 0.410 e. The molecule has 1 aromatic carbocycles. The Labute approximate surface area is 313 Å². The van der Waals surface area contributed by atoms with Gasteiger partial charge in [-0.2, -0.15) is 0 Å². The van der Waals surface area contributed by atoms with Gasteiger partial charge in [0.05, 0.1) is 24.9 Å². The van der Waals surface area contributed by atoms with Gasteiger partial charge in [-0.3, -0.25) is 24.0 Å². The number of carbonyl (C=O) groups excluding carboxylic acids is 5. The average molecular weight is 783 g/mol. The number of amides is 5. The second kappa shape index (κ2) is 14.7. The lowest BCUT2D eigenvalue weighted by molar-refractivity contribution is -0.141. The van der Waals surface area contributed by atoms with Gasteiger partial charge >= 0.3 is 12.2 Å². The standard InChI is InChI=1S/C35H45Cl2N5O9S/c1-34(2,3)51-32(46)38-27-10-8-6-4-5-7-9-20-16-35(20,31(45)40-52(48,49)22-11-12-22)39-29(43)28-15-21(17-42(28)30(27)44)50-33(47)41-18-23-24(19-41)26(37)14-13-25(23)36/h7,9,13-14,20-22,27-28H,4-6,8,10-12,15-19H2,1-3H3,(H,38,46)(H,39,43)(H,40,45)/b9-7-/t20-,21+,27-,28-,35-/m0/s1. The number of allylic oxidation sites excluding steroid dienone is 1. The van der Waals surface area contributed by atoms with Crippen molar-refractivity contribution in [2.75, 3.05) is 6.54 Å². The topological polar surface area (TPSA) is 181 Å². The number of ether oxygens (including phenoxy) is 2. The normalized spacial score (nSPS) is 28.6. The van der Waals surface area contributed by atoms with E-state index < -0.39 is 80.4 Å². The minimum atomic E-state index is -3.91. The van der Waals surface area contributed by atoms with Crippen LogP contribution in [0.15, 0.2) is 24.3 Å². The molecule has 0 aromatic heterocycles. The van der Waals surface area contributed by atoms with Gasteiger partial charge in [-0.25, -0.2) is 18.0 Å². The van der Waals surface area contributed by atoms with Gasteiger partial charge < -0.3 is 25.0 Å². The van der Waals surface area contributed by atoms with Crippen molar-refractivity contribution in [2.24, 2.45) is 5.92 Å². The zero-order chi connectivity index (χ0) is 37.6. The fourth-order valence-electron chi connectivity index (χ4n) is 7.06. The first kappa shape index (κ1) is 38.2. The minimum Gasteiger partial charge on any atom is -0.444 e. The van der Waals surface area contributed by atoms with Crippen LogP contribution in [0.2, 0.25) is 10.0 Å². The number of hydrogen-bond acceptors (Lipinski definition) is 9. The molecule has 0 bridgehead atoms. The molecule has 17 heteroatoms. The van der Waals surface area contributed by atoms with E-state index in [0.29, 0.717) is 46.9 Å². The van der Waals surface area contributed by atoms with E-state index in [9.17, 15) is 32.4 Å². The molecule has 0 spiro atoms. The van der Waals surface area contributed by atoms with E-state index in [-0.39, 0.29) is 38.9 Å².